The van der Waals surface area contributed by atoms with Gasteiger partial charge in [0.1, 0.15) is 0 Å². The highest BCUT2D eigenvalue weighted by molar-refractivity contribution is 5.73. The lowest BCUT2D eigenvalue weighted by atomic mass is 10.3. The van der Waals surface area contributed by atoms with Crippen molar-refractivity contribution in [3.63, 3.8) is 0 Å². The summed E-state index contributed by atoms with van der Waals surface area (Å²) in [6.45, 7) is 1.73. The van der Waals surface area contributed by atoms with Crippen LogP contribution in [0.3, 0.4) is 0 Å². The van der Waals surface area contributed by atoms with Crippen molar-refractivity contribution in [3.05, 3.63) is 64.8 Å². The first-order valence-electron chi connectivity index (χ1n) is 9.51. The molecule has 4 N–H and O–H groups in total. The van der Waals surface area contributed by atoms with Crippen LogP contribution in [0.25, 0.3) is 11.0 Å². The fourth-order valence-electron chi connectivity index (χ4n) is 2.67. The molecule has 0 unspecified atom stereocenters. The molecule has 30 heavy (non-hydrogen) atoms. The minimum atomic E-state index is -1.02. The molecule has 0 saturated carbocycles. The zero-order valence-electron chi connectivity index (χ0n) is 16.3. The lowest BCUT2D eigenvalue weighted by molar-refractivity contribution is 0.194. The summed E-state index contributed by atoms with van der Waals surface area (Å²) in [7, 11) is 0. The third-order valence-electron chi connectivity index (χ3n) is 4.08. The molecule has 0 saturated heterocycles. The molecule has 0 fully saturated rings. The smallest absolute Gasteiger partial charge is 0.404 e. The number of fused-ring (bicyclic) bond motifs is 1. The molecule has 0 aliphatic heterocycles. The maximum Gasteiger partial charge on any atom is 0.404 e. The SMILES string of the molecule is O=C(O)NCCCNCCC#Cc1nc2cccnc2c(=O)n1Nc1ccccc1. The van der Waals surface area contributed by atoms with E-state index in [4.69, 9.17) is 5.11 Å². The largest absolute Gasteiger partial charge is 0.465 e. The van der Waals surface area contributed by atoms with E-state index in [1.807, 2.05) is 30.3 Å². The van der Waals surface area contributed by atoms with E-state index in [1.54, 1.807) is 18.3 Å². The van der Waals surface area contributed by atoms with Crippen LogP contribution in [0.4, 0.5) is 10.5 Å². The van der Waals surface area contributed by atoms with E-state index < -0.39 is 6.09 Å². The molecule has 0 spiro atoms. The second kappa shape index (κ2) is 10.6. The number of rotatable bonds is 8. The fraction of sp³-hybridized carbons (Fsp3) is 0.238. The lowest BCUT2D eigenvalue weighted by Crippen LogP contribution is -2.30. The summed E-state index contributed by atoms with van der Waals surface area (Å²) in [6, 6.07) is 12.8. The zero-order chi connectivity index (χ0) is 21.2. The van der Waals surface area contributed by atoms with E-state index in [0.717, 1.165) is 5.69 Å². The van der Waals surface area contributed by atoms with Crippen molar-refractivity contribution in [3.8, 4) is 11.8 Å². The van der Waals surface area contributed by atoms with Gasteiger partial charge >= 0.3 is 6.09 Å². The van der Waals surface area contributed by atoms with E-state index in [0.29, 0.717) is 43.8 Å². The van der Waals surface area contributed by atoms with Gasteiger partial charge in [0.05, 0.1) is 11.2 Å². The molecule has 9 nitrogen and oxygen atoms in total. The van der Waals surface area contributed by atoms with Crippen molar-refractivity contribution in [2.24, 2.45) is 0 Å². The molecule has 0 bridgehead atoms. The van der Waals surface area contributed by atoms with Crippen LogP contribution in [0.5, 0.6) is 0 Å². The number of aromatic nitrogens is 3. The highest BCUT2D eigenvalue weighted by atomic mass is 16.4. The lowest BCUT2D eigenvalue weighted by Gasteiger charge is -2.11. The Hall–Kier alpha value is -3.90. The predicted octanol–water partition coefficient (Wildman–Crippen LogP) is 1.66. The zero-order valence-corrected chi connectivity index (χ0v) is 16.3. The third-order valence-corrected chi connectivity index (χ3v) is 4.08. The number of benzene rings is 1. The first kappa shape index (κ1) is 20.8. The molecular formula is C21H22N6O3. The van der Waals surface area contributed by atoms with E-state index in [-0.39, 0.29) is 11.1 Å². The van der Waals surface area contributed by atoms with Crippen LogP contribution in [-0.2, 0) is 0 Å². The van der Waals surface area contributed by atoms with Gasteiger partial charge in [-0.1, -0.05) is 24.1 Å². The number of carbonyl (C=O) groups is 1. The maximum absolute atomic E-state index is 12.9. The summed E-state index contributed by atoms with van der Waals surface area (Å²) in [5.74, 6) is 6.29. The number of anilines is 1. The Labute approximate surface area is 173 Å². The predicted molar refractivity (Wildman–Crippen MR) is 114 cm³/mol. The highest BCUT2D eigenvalue weighted by Crippen LogP contribution is 2.08. The molecule has 2 aromatic heterocycles. The van der Waals surface area contributed by atoms with E-state index >= 15 is 0 Å². The number of para-hydroxylation sites is 1. The van der Waals surface area contributed by atoms with Crippen molar-refractivity contribution in [1.29, 1.82) is 0 Å². The first-order chi connectivity index (χ1) is 14.6. The van der Waals surface area contributed by atoms with Crippen molar-refractivity contribution in [2.75, 3.05) is 25.1 Å². The van der Waals surface area contributed by atoms with Crippen LogP contribution in [0.1, 0.15) is 18.7 Å². The summed E-state index contributed by atoms with van der Waals surface area (Å²) < 4.78 is 1.31. The molecule has 154 valence electrons. The first-order valence-corrected chi connectivity index (χ1v) is 9.51. The minimum absolute atomic E-state index is 0.267. The second-order valence-electron chi connectivity index (χ2n) is 6.31. The molecule has 3 aromatic rings. The van der Waals surface area contributed by atoms with Gasteiger partial charge in [0, 0.05) is 25.7 Å². The van der Waals surface area contributed by atoms with Crippen LogP contribution in [0, 0.1) is 11.8 Å². The molecule has 1 amide bonds. The van der Waals surface area contributed by atoms with Crippen molar-refractivity contribution < 1.29 is 9.90 Å². The Bertz CT molecular complexity index is 1120. The monoisotopic (exact) mass is 406 g/mol. The van der Waals surface area contributed by atoms with Crippen molar-refractivity contribution in [1.82, 2.24) is 25.3 Å². The minimum Gasteiger partial charge on any atom is -0.465 e. The third kappa shape index (κ3) is 5.80. The summed E-state index contributed by atoms with van der Waals surface area (Å²) in [5, 5.41) is 14.0. The quantitative estimate of drug-likeness (QED) is 0.332. The van der Waals surface area contributed by atoms with Gasteiger partial charge in [-0.2, -0.15) is 4.68 Å². The Kier molecular flexibility index (Phi) is 7.35. The average molecular weight is 406 g/mol. The van der Waals surface area contributed by atoms with Gasteiger partial charge < -0.3 is 15.7 Å². The summed E-state index contributed by atoms with van der Waals surface area (Å²) in [5.41, 5.74) is 4.21. The van der Waals surface area contributed by atoms with Gasteiger partial charge in [-0.3, -0.25) is 10.2 Å². The highest BCUT2D eigenvalue weighted by Gasteiger charge is 2.10. The van der Waals surface area contributed by atoms with Gasteiger partial charge in [0.2, 0.25) is 5.82 Å². The van der Waals surface area contributed by atoms with Crippen molar-refractivity contribution >= 4 is 22.8 Å². The molecule has 1 aromatic carbocycles. The Balaban J connectivity index is 1.70. The van der Waals surface area contributed by atoms with E-state index in [9.17, 15) is 9.59 Å². The summed E-state index contributed by atoms with van der Waals surface area (Å²) in [6.07, 6.45) is 1.79. The molecule has 0 aliphatic rings. The standard InChI is InChI=1S/C21H22N6O3/c28-20-19-17(10-6-14-23-19)25-18(27(20)26-16-8-2-1-3-9-16)11-4-5-12-22-13-7-15-24-21(29)30/h1-3,6,8-10,14,22,24,26H,5,7,12-13,15H2,(H,29,30). The Morgan fingerprint density at radius 3 is 2.73 bits per heavy atom. The van der Waals surface area contributed by atoms with Gasteiger partial charge in [-0.15, -0.1) is 0 Å². The van der Waals surface area contributed by atoms with E-state index in [1.165, 1.54) is 4.68 Å². The van der Waals surface area contributed by atoms with Gasteiger partial charge in [-0.05, 0) is 43.2 Å². The molecule has 9 heteroatoms. The summed E-state index contributed by atoms with van der Waals surface area (Å²) in [4.78, 5) is 31.9. The molecular weight excluding hydrogens is 384 g/mol. The molecule has 3 rings (SSSR count). The van der Waals surface area contributed by atoms with Crippen LogP contribution >= 0.6 is 0 Å². The van der Waals surface area contributed by atoms with Gasteiger partial charge in [0.25, 0.3) is 5.56 Å². The molecule has 0 radical (unpaired) electrons. The number of carboxylic acid groups (broad SMARTS) is 1. The van der Waals surface area contributed by atoms with Crippen LogP contribution in [0.2, 0.25) is 0 Å². The Morgan fingerprint density at radius 2 is 1.93 bits per heavy atom. The molecule has 0 aliphatic carbocycles. The topological polar surface area (TPSA) is 121 Å². The normalized spacial score (nSPS) is 10.3. The number of nitrogens with one attached hydrogen (secondary N) is 3. The number of hydrogen-bond acceptors (Lipinski definition) is 6. The maximum atomic E-state index is 12.9. The summed E-state index contributed by atoms with van der Waals surface area (Å²) >= 11 is 0. The van der Waals surface area contributed by atoms with Crippen LogP contribution < -0.4 is 21.6 Å². The number of nitrogens with zero attached hydrogens (tertiary/aromatic N) is 3. The number of amides is 1. The number of hydrogen-bond donors (Lipinski definition) is 4. The molecule has 2 heterocycles. The van der Waals surface area contributed by atoms with Crippen molar-refractivity contribution in [2.45, 2.75) is 12.8 Å². The van der Waals surface area contributed by atoms with Gasteiger partial charge in [-0.25, -0.2) is 14.8 Å². The van der Waals surface area contributed by atoms with Crippen LogP contribution in [0.15, 0.2) is 53.5 Å². The number of pyridine rings is 1. The van der Waals surface area contributed by atoms with Gasteiger partial charge in [0.15, 0.2) is 5.52 Å². The Morgan fingerprint density at radius 1 is 1.10 bits per heavy atom. The fourth-order valence-corrected chi connectivity index (χ4v) is 2.67. The van der Waals surface area contributed by atoms with E-state index in [2.05, 4.69) is 37.9 Å². The van der Waals surface area contributed by atoms with Crippen LogP contribution in [-0.4, -0.2) is 45.5 Å². The second-order valence-corrected chi connectivity index (χ2v) is 6.31. The molecule has 0 atom stereocenters. The average Bonchev–Trinajstić information content (AvgIpc) is 2.75.